The molecule has 39 heavy (non-hydrogen) atoms. The van der Waals surface area contributed by atoms with Crippen molar-refractivity contribution in [3.63, 3.8) is 0 Å². The highest BCUT2D eigenvalue weighted by Gasteiger charge is 2.30. The third-order valence-corrected chi connectivity index (χ3v) is 6.12. The number of pyridine rings is 1. The monoisotopic (exact) mass is 529 g/mol. The maximum atomic E-state index is 13.9. The quantitative estimate of drug-likeness (QED) is 0.177. The molecular formula is C29H22F3N5O2. The lowest BCUT2D eigenvalue weighted by Crippen LogP contribution is -2.18. The minimum Gasteiger partial charge on any atom is -0.397 e. The number of nitrogen functional groups attached to an aromatic ring is 1. The van der Waals surface area contributed by atoms with Gasteiger partial charge in [0.2, 0.25) is 0 Å². The summed E-state index contributed by atoms with van der Waals surface area (Å²) in [6.07, 6.45) is -1.40. The van der Waals surface area contributed by atoms with Crippen LogP contribution in [0.5, 0.6) is 0 Å². The van der Waals surface area contributed by atoms with Crippen LogP contribution in [0.2, 0.25) is 0 Å². The van der Waals surface area contributed by atoms with Gasteiger partial charge in [0.05, 0.1) is 28.1 Å². The van der Waals surface area contributed by atoms with Crippen LogP contribution in [-0.2, 0) is 6.18 Å². The van der Waals surface area contributed by atoms with Gasteiger partial charge < -0.3 is 11.1 Å². The Morgan fingerprint density at radius 3 is 2.46 bits per heavy atom. The van der Waals surface area contributed by atoms with Crippen molar-refractivity contribution < 1.29 is 22.8 Å². The number of carbonyl (C=O) groups is 2. The van der Waals surface area contributed by atoms with E-state index in [1.54, 1.807) is 66.5 Å². The molecule has 0 atom stereocenters. The first-order valence-electron chi connectivity index (χ1n) is 11.8. The largest absolute Gasteiger partial charge is 0.416 e. The zero-order valence-electron chi connectivity index (χ0n) is 20.6. The number of aryl methyl sites for hydroxylation is 1. The van der Waals surface area contributed by atoms with Crippen molar-refractivity contribution in [3.05, 3.63) is 119 Å². The van der Waals surface area contributed by atoms with Crippen LogP contribution in [0.1, 0.15) is 37.4 Å². The Bertz CT molecular complexity index is 1730. The number of carbonyl (C=O) groups excluding carboxylic acids is 2. The highest BCUT2D eigenvalue weighted by Crippen LogP contribution is 2.31. The van der Waals surface area contributed by atoms with Crippen LogP contribution < -0.4 is 16.5 Å². The molecule has 7 nitrogen and oxygen atoms in total. The van der Waals surface area contributed by atoms with Crippen molar-refractivity contribution in [2.45, 2.75) is 13.1 Å². The number of rotatable bonds is 6. The van der Waals surface area contributed by atoms with Gasteiger partial charge in [-0.25, -0.2) is 9.66 Å². The van der Waals surface area contributed by atoms with Crippen molar-refractivity contribution in [2.75, 3.05) is 16.5 Å². The van der Waals surface area contributed by atoms with Crippen LogP contribution in [0.15, 0.2) is 91.3 Å². The molecule has 0 aliphatic heterocycles. The molecule has 4 N–H and O–H groups in total. The van der Waals surface area contributed by atoms with Gasteiger partial charge in [-0.15, -0.1) is 0 Å². The van der Waals surface area contributed by atoms with E-state index < -0.39 is 23.4 Å². The first kappa shape index (κ1) is 25.5. The van der Waals surface area contributed by atoms with Gasteiger partial charge in [-0.3, -0.25) is 15.0 Å². The highest BCUT2D eigenvalue weighted by atomic mass is 19.4. The molecule has 2 heterocycles. The average Bonchev–Trinajstić information content (AvgIpc) is 3.27. The molecule has 0 aliphatic rings. The number of anilines is 3. The summed E-state index contributed by atoms with van der Waals surface area (Å²) in [4.78, 5) is 31.5. The molecule has 10 heteroatoms. The lowest BCUT2D eigenvalue weighted by atomic mass is 9.96. The number of nitrogens with two attached hydrogens (primary N) is 1. The van der Waals surface area contributed by atoms with Gasteiger partial charge in [-0.1, -0.05) is 29.8 Å². The number of amides is 1. The van der Waals surface area contributed by atoms with Crippen LogP contribution in [0.4, 0.5) is 30.2 Å². The summed E-state index contributed by atoms with van der Waals surface area (Å²) in [5.74, 6) is -1.16. The minimum atomic E-state index is -4.56. The molecule has 5 rings (SSSR count). The highest BCUT2D eigenvalue weighted by molar-refractivity contribution is 6.21. The van der Waals surface area contributed by atoms with Gasteiger partial charge in [0.1, 0.15) is 0 Å². The Morgan fingerprint density at radius 1 is 0.897 bits per heavy atom. The van der Waals surface area contributed by atoms with Crippen molar-refractivity contribution in [1.29, 1.82) is 0 Å². The Morgan fingerprint density at radius 2 is 1.69 bits per heavy atom. The summed E-state index contributed by atoms with van der Waals surface area (Å²) in [5.41, 5.74) is 11.0. The minimum absolute atomic E-state index is 0.0214. The van der Waals surface area contributed by atoms with Gasteiger partial charge in [0.15, 0.2) is 11.4 Å². The first-order valence-corrected chi connectivity index (χ1v) is 11.8. The Kier molecular flexibility index (Phi) is 6.53. The molecule has 0 saturated carbocycles. The number of nitrogens with zero attached hydrogens (tertiary/aromatic N) is 2. The number of hydrogen-bond donors (Lipinski definition) is 3. The second-order valence-electron chi connectivity index (χ2n) is 8.90. The van der Waals surface area contributed by atoms with Gasteiger partial charge in [-0.05, 0) is 61.5 Å². The lowest BCUT2D eigenvalue weighted by molar-refractivity contribution is -0.137. The predicted molar refractivity (Wildman–Crippen MR) is 144 cm³/mol. The molecule has 5 aromatic rings. The van der Waals surface area contributed by atoms with E-state index in [9.17, 15) is 22.8 Å². The fourth-order valence-corrected chi connectivity index (χ4v) is 4.21. The number of aromatic nitrogens is 2. The van der Waals surface area contributed by atoms with Gasteiger partial charge in [0, 0.05) is 29.0 Å². The maximum Gasteiger partial charge on any atom is 0.416 e. The van der Waals surface area contributed by atoms with E-state index >= 15 is 0 Å². The third-order valence-electron chi connectivity index (χ3n) is 6.12. The summed E-state index contributed by atoms with van der Waals surface area (Å²) in [5, 5.41) is 3.02. The van der Waals surface area contributed by atoms with Crippen LogP contribution in [0.25, 0.3) is 11.0 Å². The van der Waals surface area contributed by atoms with Crippen LogP contribution in [0.3, 0.4) is 0 Å². The molecule has 0 bridgehead atoms. The number of para-hydroxylation sites is 2. The van der Waals surface area contributed by atoms with E-state index in [1.807, 2.05) is 6.07 Å². The molecule has 0 aliphatic carbocycles. The molecule has 0 spiro atoms. The normalized spacial score (nSPS) is 11.4. The summed E-state index contributed by atoms with van der Waals surface area (Å²) in [6, 6.07) is 19.6. The predicted octanol–water partition coefficient (Wildman–Crippen LogP) is 6.30. The van der Waals surface area contributed by atoms with E-state index in [-0.39, 0.29) is 22.4 Å². The molecule has 0 unspecified atom stereocenters. The number of fused-ring (bicyclic) bond motifs is 1. The number of alkyl halides is 3. The lowest BCUT2D eigenvalue weighted by Gasteiger charge is -2.12. The topological polar surface area (TPSA) is 102 Å². The number of ketones is 1. The molecule has 2 aromatic heterocycles. The molecule has 0 radical (unpaired) electrons. The summed E-state index contributed by atoms with van der Waals surface area (Å²) in [7, 11) is 0. The molecule has 3 aromatic carbocycles. The Hall–Kier alpha value is -5.12. The fourth-order valence-electron chi connectivity index (χ4n) is 4.21. The smallest absolute Gasteiger partial charge is 0.397 e. The number of hydrogen-bond acceptors (Lipinski definition) is 5. The van der Waals surface area contributed by atoms with Crippen molar-refractivity contribution >= 4 is 39.8 Å². The zero-order chi connectivity index (χ0) is 27.7. The van der Waals surface area contributed by atoms with Gasteiger partial charge in [-0.2, -0.15) is 13.2 Å². The molecular weight excluding hydrogens is 507 g/mol. The zero-order valence-corrected chi connectivity index (χ0v) is 20.6. The van der Waals surface area contributed by atoms with E-state index in [1.165, 1.54) is 18.2 Å². The van der Waals surface area contributed by atoms with E-state index in [0.29, 0.717) is 22.4 Å². The van der Waals surface area contributed by atoms with Crippen LogP contribution in [-0.4, -0.2) is 21.4 Å². The molecule has 196 valence electrons. The Balaban J connectivity index is 1.53. The summed E-state index contributed by atoms with van der Waals surface area (Å²) < 4.78 is 41.0. The van der Waals surface area contributed by atoms with Crippen molar-refractivity contribution in [2.24, 2.45) is 0 Å². The molecule has 0 saturated heterocycles. The van der Waals surface area contributed by atoms with Crippen LogP contribution in [0, 0.1) is 6.92 Å². The average molecular weight is 530 g/mol. The molecule has 1 amide bonds. The first-order chi connectivity index (χ1) is 18.6. The standard InChI is InChI=1S/C29H22F3N5O2/c1-17-11-12-21(28(39)35-19-7-4-6-18(15-19)29(30,31)32)22(14-17)26(38)23-16-37(27-20(23)8-5-13-34-27)36-25-10-3-2-9-24(25)33/h2-16,36H,33H2,1H3,(H,35,39). The molecule has 0 fully saturated rings. The second kappa shape index (κ2) is 9.97. The maximum absolute atomic E-state index is 13.9. The number of nitrogens with one attached hydrogen (secondary N) is 2. The van der Waals surface area contributed by atoms with Crippen molar-refractivity contribution in [1.82, 2.24) is 9.66 Å². The van der Waals surface area contributed by atoms with Gasteiger partial charge >= 0.3 is 6.18 Å². The summed E-state index contributed by atoms with van der Waals surface area (Å²) in [6.45, 7) is 1.77. The summed E-state index contributed by atoms with van der Waals surface area (Å²) >= 11 is 0. The second-order valence-corrected chi connectivity index (χ2v) is 8.90. The SMILES string of the molecule is Cc1ccc(C(=O)Nc2cccc(C(F)(F)F)c2)c(C(=O)c2cn(Nc3ccccc3N)c3ncccc23)c1. The number of benzene rings is 3. The fraction of sp³-hybridized carbons (Fsp3) is 0.0690. The van der Waals surface area contributed by atoms with E-state index in [4.69, 9.17) is 5.73 Å². The number of halogens is 3. The van der Waals surface area contributed by atoms with E-state index in [0.717, 1.165) is 17.7 Å². The van der Waals surface area contributed by atoms with Crippen LogP contribution >= 0.6 is 0 Å². The van der Waals surface area contributed by atoms with Crippen molar-refractivity contribution in [3.8, 4) is 0 Å². The third kappa shape index (κ3) is 5.17. The van der Waals surface area contributed by atoms with E-state index in [2.05, 4.69) is 15.7 Å². The Labute approximate surface area is 221 Å². The van der Waals surface area contributed by atoms with Gasteiger partial charge in [0.25, 0.3) is 5.91 Å².